The minimum atomic E-state index is -2.81. The van der Waals surface area contributed by atoms with Crippen molar-refractivity contribution >= 4 is 36.0 Å². The van der Waals surface area contributed by atoms with Crippen molar-refractivity contribution in [1.82, 2.24) is 0 Å². The Morgan fingerprint density at radius 3 is 1.80 bits per heavy atom. The third kappa shape index (κ3) is 3.32. The summed E-state index contributed by atoms with van der Waals surface area (Å²) in [5, 5.41) is 5.76. The Balaban J connectivity index is 2.20. The van der Waals surface area contributed by atoms with Gasteiger partial charge in [0.15, 0.2) is 0 Å². The first-order valence-corrected chi connectivity index (χ1v) is 11.2. The molecule has 128 valence electrons. The van der Waals surface area contributed by atoms with E-state index in [0.717, 1.165) is 10.4 Å². The van der Waals surface area contributed by atoms with E-state index in [1.54, 1.807) is 0 Å². The van der Waals surface area contributed by atoms with Gasteiger partial charge in [-0.15, -0.1) is 0 Å². The van der Waals surface area contributed by atoms with Crippen LogP contribution in [-0.2, 0) is 4.43 Å². The molecule has 2 nitrogen and oxygen atoms in total. The lowest BCUT2D eigenvalue weighted by Crippen LogP contribution is -2.67. The summed E-state index contributed by atoms with van der Waals surface area (Å²) in [6.45, 7) is 6.50. The molecule has 0 bridgehead atoms. The number of hydrogen-bond donors (Lipinski definition) is 0. The first-order valence-electron chi connectivity index (χ1n) is 8.32. The summed E-state index contributed by atoms with van der Waals surface area (Å²) in [6.07, 6.45) is 0. The predicted octanol–water partition coefficient (Wildman–Crippen LogP) is 4.46. The van der Waals surface area contributed by atoms with Gasteiger partial charge in [0, 0.05) is 5.38 Å². The van der Waals surface area contributed by atoms with E-state index in [4.69, 9.17) is 4.43 Å². The van der Waals surface area contributed by atoms with Crippen LogP contribution in [0.2, 0.25) is 5.04 Å². The maximum Gasteiger partial charge on any atom is 0.326 e. The van der Waals surface area contributed by atoms with Crippen molar-refractivity contribution in [2.45, 2.75) is 25.8 Å². The fraction of sp³-hybridized carbons (Fsp3) is 0.190. The summed E-state index contributed by atoms with van der Waals surface area (Å²) in [5.74, 6) is -0.240. The van der Waals surface area contributed by atoms with E-state index < -0.39 is 8.32 Å². The summed E-state index contributed by atoms with van der Waals surface area (Å²) in [4.78, 5) is 12.9. The molecule has 0 amide bonds. The zero-order valence-electron chi connectivity index (χ0n) is 14.7. The lowest BCUT2D eigenvalue weighted by atomic mass is 10.2. The molecular formula is C21H22O2SSi. The van der Waals surface area contributed by atoms with Gasteiger partial charge in [-0.05, 0) is 26.9 Å². The molecule has 0 spiro atoms. The van der Waals surface area contributed by atoms with Crippen LogP contribution in [0, 0.1) is 0 Å². The SMILES string of the molecule is CC(C)(C)[Si](OC(=O)c1ccsc1)(c1ccccc1)c1ccccc1. The monoisotopic (exact) mass is 366 g/mol. The Bertz CT molecular complexity index is 782. The Hall–Kier alpha value is -2.17. The average molecular weight is 367 g/mol. The number of carbonyl (C=O) groups is 1. The van der Waals surface area contributed by atoms with Crippen LogP contribution in [0.5, 0.6) is 0 Å². The first-order chi connectivity index (χ1) is 11.9. The normalized spacial score (nSPS) is 12.0. The van der Waals surface area contributed by atoms with Gasteiger partial charge >= 0.3 is 14.3 Å². The number of hydrogen-bond acceptors (Lipinski definition) is 3. The molecule has 1 aromatic heterocycles. The second kappa shape index (κ2) is 6.98. The quantitative estimate of drug-likeness (QED) is 0.637. The highest BCUT2D eigenvalue weighted by atomic mass is 32.1. The number of benzene rings is 2. The molecule has 0 fully saturated rings. The maximum atomic E-state index is 12.9. The molecule has 25 heavy (non-hydrogen) atoms. The van der Waals surface area contributed by atoms with Crippen molar-refractivity contribution < 1.29 is 9.22 Å². The molecule has 1 heterocycles. The smallest absolute Gasteiger partial charge is 0.326 e. The van der Waals surface area contributed by atoms with Crippen LogP contribution in [0.15, 0.2) is 77.5 Å². The fourth-order valence-electron chi connectivity index (χ4n) is 3.23. The number of rotatable bonds is 4. The highest BCUT2D eigenvalue weighted by Gasteiger charge is 2.53. The molecule has 2 aromatic carbocycles. The molecule has 0 aliphatic heterocycles. The van der Waals surface area contributed by atoms with E-state index in [9.17, 15) is 4.79 Å². The van der Waals surface area contributed by atoms with E-state index in [0.29, 0.717) is 5.56 Å². The molecule has 0 aliphatic rings. The van der Waals surface area contributed by atoms with E-state index in [1.165, 1.54) is 11.3 Å². The third-order valence-electron chi connectivity index (χ3n) is 4.42. The van der Waals surface area contributed by atoms with Crippen LogP contribution in [0.25, 0.3) is 0 Å². The van der Waals surface area contributed by atoms with Gasteiger partial charge in [0.05, 0.1) is 5.56 Å². The lowest BCUT2D eigenvalue weighted by molar-refractivity contribution is 0.0719. The summed E-state index contributed by atoms with van der Waals surface area (Å²) in [7, 11) is -2.81. The van der Waals surface area contributed by atoms with Crippen LogP contribution in [0.1, 0.15) is 31.1 Å². The molecule has 3 aromatic rings. The Morgan fingerprint density at radius 2 is 1.40 bits per heavy atom. The average Bonchev–Trinajstić information content (AvgIpc) is 3.15. The highest BCUT2D eigenvalue weighted by molar-refractivity contribution is 7.08. The Labute approximate surface area is 154 Å². The number of thiophene rings is 1. The summed E-state index contributed by atoms with van der Waals surface area (Å²) in [6, 6.07) is 22.2. The van der Waals surface area contributed by atoms with Gasteiger partial charge in [0.1, 0.15) is 0 Å². The third-order valence-corrected chi connectivity index (χ3v) is 10.00. The van der Waals surface area contributed by atoms with Gasteiger partial charge in [0.25, 0.3) is 0 Å². The van der Waals surface area contributed by atoms with E-state index in [-0.39, 0.29) is 11.0 Å². The zero-order chi connectivity index (χ0) is 17.9. The van der Waals surface area contributed by atoms with Crippen LogP contribution in [-0.4, -0.2) is 14.3 Å². The molecule has 0 unspecified atom stereocenters. The molecule has 0 atom stereocenters. The topological polar surface area (TPSA) is 26.3 Å². The Morgan fingerprint density at radius 1 is 0.880 bits per heavy atom. The van der Waals surface area contributed by atoms with Gasteiger partial charge in [-0.2, -0.15) is 11.3 Å². The van der Waals surface area contributed by atoms with Crippen LogP contribution in [0.3, 0.4) is 0 Å². The maximum absolute atomic E-state index is 12.9. The van der Waals surface area contributed by atoms with Crippen LogP contribution < -0.4 is 10.4 Å². The molecule has 0 radical (unpaired) electrons. The lowest BCUT2D eigenvalue weighted by Gasteiger charge is -2.42. The molecule has 0 saturated carbocycles. The van der Waals surface area contributed by atoms with E-state index in [1.807, 2.05) is 53.2 Å². The van der Waals surface area contributed by atoms with E-state index in [2.05, 4.69) is 45.0 Å². The fourth-order valence-corrected chi connectivity index (χ4v) is 8.18. The van der Waals surface area contributed by atoms with Crippen molar-refractivity contribution in [2.75, 3.05) is 0 Å². The van der Waals surface area contributed by atoms with Gasteiger partial charge in [-0.25, -0.2) is 4.79 Å². The summed E-state index contributed by atoms with van der Waals surface area (Å²) in [5.41, 5.74) is 0.623. The predicted molar refractivity (Wildman–Crippen MR) is 107 cm³/mol. The van der Waals surface area contributed by atoms with Gasteiger partial charge in [-0.3, -0.25) is 0 Å². The van der Waals surface area contributed by atoms with Crippen LogP contribution in [0.4, 0.5) is 0 Å². The second-order valence-electron chi connectivity index (χ2n) is 7.06. The van der Waals surface area contributed by atoms with Crippen molar-refractivity contribution in [2.24, 2.45) is 0 Å². The second-order valence-corrected chi connectivity index (χ2v) is 12.1. The summed E-state index contributed by atoms with van der Waals surface area (Å²) >= 11 is 1.51. The standard InChI is InChI=1S/C21H22O2SSi/c1-21(2,3)25(18-10-6-4-7-11-18,19-12-8-5-9-13-19)23-20(22)17-14-15-24-16-17/h4-16H,1-3H3. The number of carbonyl (C=O) groups excluding carboxylic acids is 1. The minimum Gasteiger partial charge on any atom is -0.506 e. The molecule has 4 heteroatoms. The highest BCUT2D eigenvalue weighted by Crippen LogP contribution is 2.37. The largest absolute Gasteiger partial charge is 0.506 e. The van der Waals surface area contributed by atoms with Gasteiger partial charge in [-0.1, -0.05) is 81.4 Å². The van der Waals surface area contributed by atoms with Crippen LogP contribution >= 0.6 is 11.3 Å². The van der Waals surface area contributed by atoms with E-state index >= 15 is 0 Å². The zero-order valence-corrected chi connectivity index (χ0v) is 16.5. The van der Waals surface area contributed by atoms with Gasteiger partial charge in [0.2, 0.25) is 0 Å². The first kappa shape index (κ1) is 17.6. The molecule has 0 aliphatic carbocycles. The minimum absolute atomic E-state index is 0.207. The van der Waals surface area contributed by atoms with Gasteiger partial charge < -0.3 is 4.43 Å². The van der Waals surface area contributed by atoms with Crippen molar-refractivity contribution in [3.63, 3.8) is 0 Å². The van der Waals surface area contributed by atoms with Crippen molar-refractivity contribution in [3.8, 4) is 0 Å². The molecule has 0 saturated heterocycles. The Kier molecular flexibility index (Phi) is 4.93. The summed E-state index contributed by atoms with van der Waals surface area (Å²) < 4.78 is 6.43. The molecular weight excluding hydrogens is 344 g/mol. The van der Waals surface area contributed by atoms with Crippen molar-refractivity contribution in [1.29, 1.82) is 0 Å². The molecule has 0 N–H and O–H groups in total. The van der Waals surface area contributed by atoms with Crippen molar-refractivity contribution in [3.05, 3.63) is 83.1 Å². The molecule has 3 rings (SSSR count).